The van der Waals surface area contributed by atoms with Gasteiger partial charge in [0.1, 0.15) is 0 Å². The molecule has 0 saturated carbocycles. The molecular weight excluding hydrogens is 467 g/mol. The first-order valence-electron chi connectivity index (χ1n) is 11.1. The third kappa shape index (κ3) is 11.2. The Morgan fingerprint density at radius 1 is 1.14 bits per heavy atom. The van der Waals surface area contributed by atoms with Crippen LogP contribution in [0, 0.1) is 11.8 Å². The number of ether oxygens (including phenoxy) is 2. The number of rotatable bonds is 11. The smallest absolute Gasteiger partial charge is 0.191 e. The second kappa shape index (κ2) is 15.7. The van der Waals surface area contributed by atoms with Crippen molar-refractivity contribution in [1.82, 2.24) is 15.5 Å². The van der Waals surface area contributed by atoms with Gasteiger partial charge in [-0.1, -0.05) is 13.8 Å². The molecule has 2 fully saturated rings. The van der Waals surface area contributed by atoms with E-state index in [4.69, 9.17) is 9.47 Å². The Kier molecular flexibility index (Phi) is 14.5. The summed E-state index contributed by atoms with van der Waals surface area (Å²) < 4.78 is 11.1. The average Bonchev–Trinajstić information content (AvgIpc) is 3.13. The lowest BCUT2D eigenvalue weighted by atomic mass is 9.92. The first-order chi connectivity index (χ1) is 13.2. The van der Waals surface area contributed by atoms with E-state index < -0.39 is 0 Å². The Bertz CT molecular complexity index is 409. The summed E-state index contributed by atoms with van der Waals surface area (Å²) in [5.41, 5.74) is 0. The Morgan fingerprint density at radius 3 is 2.61 bits per heavy atom. The van der Waals surface area contributed by atoms with Gasteiger partial charge in [-0.25, -0.2) is 0 Å². The van der Waals surface area contributed by atoms with Crippen LogP contribution < -0.4 is 10.6 Å². The van der Waals surface area contributed by atoms with Gasteiger partial charge in [0, 0.05) is 45.9 Å². The number of unbranched alkanes of at least 4 members (excludes halogenated alkanes) is 1. The lowest BCUT2D eigenvalue weighted by Gasteiger charge is -2.34. The molecule has 3 unspecified atom stereocenters. The van der Waals surface area contributed by atoms with Gasteiger partial charge < -0.3 is 25.0 Å². The number of hydrogen-bond acceptors (Lipinski definition) is 4. The Morgan fingerprint density at radius 2 is 1.93 bits per heavy atom. The Balaban J connectivity index is 0.00000392. The molecule has 2 N–H and O–H groups in total. The molecule has 0 spiro atoms. The van der Waals surface area contributed by atoms with Crippen LogP contribution in [0.25, 0.3) is 0 Å². The molecule has 7 heteroatoms. The van der Waals surface area contributed by atoms with E-state index in [1.165, 1.54) is 38.9 Å². The maximum atomic E-state index is 5.79. The summed E-state index contributed by atoms with van der Waals surface area (Å²) in [4.78, 5) is 7.30. The van der Waals surface area contributed by atoms with Crippen LogP contribution in [0.2, 0.25) is 0 Å². The molecular formula is C21H43IN4O2. The van der Waals surface area contributed by atoms with E-state index in [1.54, 1.807) is 0 Å². The molecule has 2 heterocycles. The van der Waals surface area contributed by atoms with E-state index in [2.05, 4.69) is 41.3 Å². The van der Waals surface area contributed by atoms with Gasteiger partial charge >= 0.3 is 0 Å². The van der Waals surface area contributed by atoms with Crippen molar-refractivity contribution >= 4 is 29.9 Å². The standard InChI is InChI=1S/C21H42N4O2.HI/c1-4-22-21(24-10-7-12-27-20-8-13-26-17-20)23-9-5-6-11-25-15-18(2)14-19(3)16-25;/h18-20H,4-17H2,1-3H3,(H2,22,23,24);1H. The summed E-state index contributed by atoms with van der Waals surface area (Å²) in [5, 5.41) is 6.80. The number of hydrogen-bond donors (Lipinski definition) is 2. The molecule has 6 nitrogen and oxygen atoms in total. The largest absolute Gasteiger partial charge is 0.379 e. The van der Waals surface area contributed by atoms with Crippen LogP contribution in [0.15, 0.2) is 4.99 Å². The zero-order chi connectivity index (χ0) is 19.3. The molecule has 0 aromatic heterocycles. The summed E-state index contributed by atoms with van der Waals surface area (Å²) in [6.07, 6.45) is 6.12. The van der Waals surface area contributed by atoms with Gasteiger partial charge in [0.2, 0.25) is 0 Å². The van der Waals surface area contributed by atoms with Crippen molar-refractivity contribution in [2.24, 2.45) is 16.8 Å². The molecule has 2 aliphatic heterocycles. The van der Waals surface area contributed by atoms with Crippen molar-refractivity contribution in [3.8, 4) is 0 Å². The molecule has 0 aromatic carbocycles. The Labute approximate surface area is 189 Å². The lowest BCUT2D eigenvalue weighted by Crippen LogP contribution is -2.40. The highest BCUT2D eigenvalue weighted by Crippen LogP contribution is 2.20. The zero-order valence-electron chi connectivity index (χ0n) is 18.3. The molecule has 28 heavy (non-hydrogen) atoms. The number of halogens is 1. The minimum Gasteiger partial charge on any atom is -0.379 e. The number of aliphatic imine (C=N–C) groups is 1. The molecule has 3 atom stereocenters. The van der Waals surface area contributed by atoms with Crippen molar-refractivity contribution in [3.63, 3.8) is 0 Å². The van der Waals surface area contributed by atoms with Gasteiger partial charge in [-0.2, -0.15) is 0 Å². The van der Waals surface area contributed by atoms with Crippen LogP contribution in [0.1, 0.15) is 52.9 Å². The molecule has 0 radical (unpaired) electrons. The van der Waals surface area contributed by atoms with Gasteiger partial charge in [-0.05, 0) is 57.4 Å². The maximum absolute atomic E-state index is 5.79. The summed E-state index contributed by atoms with van der Waals surface area (Å²) in [5.74, 6) is 2.64. The molecule has 0 aromatic rings. The Hall–Kier alpha value is -0.120. The summed E-state index contributed by atoms with van der Waals surface area (Å²) >= 11 is 0. The van der Waals surface area contributed by atoms with E-state index in [0.29, 0.717) is 6.10 Å². The van der Waals surface area contributed by atoms with E-state index in [1.807, 2.05) is 0 Å². The van der Waals surface area contributed by atoms with Gasteiger partial charge in [0.05, 0.1) is 12.7 Å². The maximum Gasteiger partial charge on any atom is 0.191 e. The van der Waals surface area contributed by atoms with Crippen molar-refractivity contribution in [2.75, 3.05) is 59.1 Å². The highest BCUT2D eigenvalue weighted by molar-refractivity contribution is 14.0. The van der Waals surface area contributed by atoms with Gasteiger partial charge in [0.15, 0.2) is 5.96 Å². The molecule has 2 rings (SSSR count). The quantitative estimate of drug-likeness (QED) is 0.194. The van der Waals surface area contributed by atoms with Crippen molar-refractivity contribution < 1.29 is 9.47 Å². The molecule has 0 amide bonds. The van der Waals surface area contributed by atoms with E-state index in [-0.39, 0.29) is 24.0 Å². The van der Waals surface area contributed by atoms with Crippen LogP contribution in [0.3, 0.4) is 0 Å². The van der Waals surface area contributed by atoms with E-state index >= 15 is 0 Å². The van der Waals surface area contributed by atoms with Crippen molar-refractivity contribution in [3.05, 3.63) is 0 Å². The monoisotopic (exact) mass is 510 g/mol. The van der Waals surface area contributed by atoms with Crippen molar-refractivity contribution in [1.29, 1.82) is 0 Å². The van der Waals surface area contributed by atoms with Gasteiger partial charge in [-0.15, -0.1) is 24.0 Å². The SMILES string of the molecule is CCNC(=NCCCOC1CCOC1)NCCCCN1CC(C)CC(C)C1.I. The van der Waals surface area contributed by atoms with Crippen LogP contribution in [0.5, 0.6) is 0 Å². The predicted molar refractivity (Wildman–Crippen MR) is 128 cm³/mol. The minimum atomic E-state index is 0. The summed E-state index contributed by atoms with van der Waals surface area (Å²) in [6, 6.07) is 0. The second-order valence-electron chi connectivity index (χ2n) is 8.31. The highest BCUT2D eigenvalue weighted by Gasteiger charge is 2.20. The molecule has 2 saturated heterocycles. The number of nitrogens with one attached hydrogen (secondary N) is 2. The topological polar surface area (TPSA) is 58.1 Å². The lowest BCUT2D eigenvalue weighted by molar-refractivity contribution is 0.0424. The number of guanidine groups is 1. The fraction of sp³-hybridized carbons (Fsp3) is 0.952. The fourth-order valence-electron chi connectivity index (χ4n) is 4.13. The van der Waals surface area contributed by atoms with Crippen LogP contribution in [-0.4, -0.2) is 76.1 Å². The van der Waals surface area contributed by atoms with E-state index in [9.17, 15) is 0 Å². The predicted octanol–water partition coefficient (Wildman–Crippen LogP) is 3.11. The molecule has 0 bridgehead atoms. The zero-order valence-corrected chi connectivity index (χ0v) is 20.6. The van der Waals surface area contributed by atoms with Gasteiger partial charge in [-0.3, -0.25) is 4.99 Å². The highest BCUT2D eigenvalue weighted by atomic mass is 127. The van der Waals surface area contributed by atoms with Crippen LogP contribution in [0.4, 0.5) is 0 Å². The third-order valence-electron chi connectivity index (χ3n) is 5.30. The van der Waals surface area contributed by atoms with Crippen molar-refractivity contribution in [2.45, 2.75) is 59.0 Å². The molecule has 0 aliphatic carbocycles. The number of nitrogens with zero attached hydrogens (tertiary/aromatic N) is 2. The summed E-state index contributed by atoms with van der Waals surface area (Å²) in [7, 11) is 0. The van der Waals surface area contributed by atoms with Crippen LogP contribution in [-0.2, 0) is 9.47 Å². The second-order valence-corrected chi connectivity index (χ2v) is 8.31. The average molecular weight is 511 g/mol. The first kappa shape index (κ1) is 25.9. The number of likely N-dealkylation sites (tertiary alicyclic amines) is 1. The fourth-order valence-corrected chi connectivity index (χ4v) is 4.13. The third-order valence-corrected chi connectivity index (χ3v) is 5.30. The number of piperidine rings is 1. The first-order valence-corrected chi connectivity index (χ1v) is 11.1. The summed E-state index contributed by atoms with van der Waals surface area (Å²) in [6.45, 7) is 15.7. The normalized spacial score (nSPS) is 26.1. The van der Waals surface area contributed by atoms with E-state index in [0.717, 1.165) is 70.1 Å². The molecule has 166 valence electrons. The minimum absolute atomic E-state index is 0. The van der Waals surface area contributed by atoms with Gasteiger partial charge in [0.25, 0.3) is 0 Å². The van der Waals surface area contributed by atoms with Crippen LogP contribution >= 0.6 is 24.0 Å². The molecule has 2 aliphatic rings.